The molecule has 2 N–H and O–H groups in total. The van der Waals surface area contributed by atoms with Crippen LogP contribution in [0.15, 0.2) is 24.3 Å². The van der Waals surface area contributed by atoms with Crippen molar-refractivity contribution in [3.05, 3.63) is 29.8 Å². The van der Waals surface area contributed by atoms with E-state index in [1.54, 1.807) is 28.0 Å². The van der Waals surface area contributed by atoms with Gasteiger partial charge < -0.3 is 20.1 Å². The standard InChI is InChI=1S/C17H28N2O3/c1-13(14-6-8-15(22-5)9-7-14)10-11-18-16(20)19(4)12-17(2,3)21/h6-9,13,21H,10-12H2,1-5H3,(H,18,20). The molecule has 124 valence electrons. The fourth-order valence-corrected chi connectivity index (χ4v) is 2.28. The minimum absolute atomic E-state index is 0.163. The van der Waals surface area contributed by atoms with E-state index in [-0.39, 0.29) is 6.03 Å². The second kappa shape index (κ2) is 8.03. The second-order valence-electron chi connectivity index (χ2n) is 6.36. The number of benzene rings is 1. The van der Waals surface area contributed by atoms with Crippen LogP contribution in [0.4, 0.5) is 4.79 Å². The SMILES string of the molecule is COc1ccc(C(C)CCNC(=O)N(C)CC(C)(C)O)cc1. The predicted molar refractivity (Wildman–Crippen MR) is 88.4 cm³/mol. The highest BCUT2D eigenvalue weighted by atomic mass is 16.5. The highest BCUT2D eigenvalue weighted by Gasteiger charge is 2.19. The summed E-state index contributed by atoms with van der Waals surface area (Å²) in [6.45, 7) is 6.40. The van der Waals surface area contributed by atoms with Crippen molar-refractivity contribution < 1.29 is 14.6 Å². The zero-order valence-corrected chi connectivity index (χ0v) is 14.2. The van der Waals surface area contributed by atoms with Crippen molar-refractivity contribution in [1.82, 2.24) is 10.2 Å². The number of nitrogens with one attached hydrogen (secondary N) is 1. The molecular formula is C17H28N2O3. The molecule has 0 aliphatic carbocycles. The molecule has 0 aromatic heterocycles. The Kier molecular flexibility index (Phi) is 6.68. The highest BCUT2D eigenvalue weighted by Crippen LogP contribution is 2.21. The summed E-state index contributed by atoms with van der Waals surface area (Å²) in [5, 5.41) is 12.6. The van der Waals surface area contributed by atoms with Crippen molar-refractivity contribution in [3.63, 3.8) is 0 Å². The quantitative estimate of drug-likeness (QED) is 0.814. The number of carbonyl (C=O) groups is 1. The number of likely N-dealkylation sites (N-methyl/N-ethyl adjacent to an activating group) is 1. The Morgan fingerprint density at radius 3 is 2.45 bits per heavy atom. The number of rotatable bonds is 7. The maximum atomic E-state index is 11.9. The zero-order valence-electron chi connectivity index (χ0n) is 14.2. The van der Waals surface area contributed by atoms with E-state index in [0.717, 1.165) is 12.2 Å². The molecule has 5 nitrogen and oxygen atoms in total. The number of hydrogen-bond acceptors (Lipinski definition) is 3. The first-order valence-electron chi connectivity index (χ1n) is 7.58. The molecule has 1 aromatic carbocycles. The van der Waals surface area contributed by atoms with Gasteiger partial charge in [-0.2, -0.15) is 0 Å². The molecule has 22 heavy (non-hydrogen) atoms. The second-order valence-corrected chi connectivity index (χ2v) is 6.36. The first-order chi connectivity index (χ1) is 10.2. The summed E-state index contributed by atoms with van der Waals surface area (Å²) in [4.78, 5) is 13.4. The van der Waals surface area contributed by atoms with Gasteiger partial charge in [-0.1, -0.05) is 19.1 Å². The van der Waals surface area contributed by atoms with Gasteiger partial charge in [-0.25, -0.2) is 4.79 Å². The number of ether oxygens (including phenoxy) is 1. The minimum atomic E-state index is -0.886. The van der Waals surface area contributed by atoms with Gasteiger partial charge in [0, 0.05) is 13.6 Å². The van der Waals surface area contributed by atoms with E-state index in [1.165, 1.54) is 10.5 Å². The summed E-state index contributed by atoms with van der Waals surface area (Å²) in [6, 6.07) is 7.82. The van der Waals surface area contributed by atoms with Crippen molar-refractivity contribution in [2.24, 2.45) is 0 Å². The number of carbonyl (C=O) groups excluding carboxylic acids is 1. The summed E-state index contributed by atoms with van der Waals surface area (Å²) in [7, 11) is 3.33. The van der Waals surface area contributed by atoms with Gasteiger partial charge in [0.15, 0.2) is 0 Å². The van der Waals surface area contributed by atoms with Gasteiger partial charge >= 0.3 is 6.03 Å². The smallest absolute Gasteiger partial charge is 0.317 e. The molecule has 0 bridgehead atoms. The van der Waals surface area contributed by atoms with Gasteiger partial charge in [-0.05, 0) is 43.9 Å². The lowest BCUT2D eigenvalue weighted by Gasteiger charge is -2.26. The van der Waals surface area contributed by atoms with Crippen molar-refractivity contribution in [1.29, 1.82) is 0 Å². The molecule has 0 heterocycles. The van der Waals surface area contributed by atoms with E-state index in [4.69, 9.17) is 4.74 Å². The Labute approximate surface area is 133 Å². The normalized spacial score (nSPS) is 12.6. The summed E-state index contributed by atoms with van der Waals surface area (Å²) < 4.78 is 5.14. The molecule has 1 rings (SSSR count). The first kappa shape index (κ1) is 18.3. The highest BCUT2D eigenvalue weighted by molar-refractivity contribution is 5.73. The van der Waals surface area contributed by atoms with Gasteiger partial charge in [0.1, 0.15) is 5.75 Å². The lowest BCUT2D eigenvalue weighted by atomic mass is 9.98. The lowest BCUT2D eigenvalue weighted by molar-refractivity contribution is 0.0532. The topological polar surface area (TPSA) is 61.8 Å². The van der Waals surface area contributed by atoms with Crippen LogP contribution in [0.5, 0.6) is 5.75 Å². The summed E-state index contributed by atoms with van der Waals surface area (Å²) >= 11 is 0. The Balaban J connectivity index is 2.37. The Morgan fingerprint density at radius 1 is 1.36 bits per heavy atom. The lowest BCUT2D eigenvalue weighted by Crippen LogP contribution is -2.44. The van der Waals surface area contributed by atoms with E-state index < -0.39 is 5.60 Å². The number of amides is 2. The third-order valence-electron chi connectivity index (χ3n) is 3.51. The number of methoxy groups -OCH3 is 1. The monoisotopic (exact) mass is 308 g/mol. The van der Waals surface area contributed by atoms with E-state index in [1.807, 2.05) is 24.3 Å². The van der Waals surface area contributed by atoms with Gasteiger partial charge in [0.2, 0.25) is 0 Å². The molecule has 0 aliphatic heterocycles. The summed E-state index contributed by atoms with van der Waals surface area (Å²) in [5.41, 5.74) is 0.336. The third-order valence-corrected chi connectivity index (χ3v) is 3.51. The van der Waals surface area contributed by atoms with Crippen LogP contribution in [0.2, 0.25) is 0 Å². The molecule has 0 saturated heterocycles. The van der Waals surface area contributed by atoms with E-state index >= 15 is 0 Å². The molecule has 1 unspecified atom stereocenters. The van der Waals surface area contributed by atoms with Crippen molar-refractivity contribution in [2.45, 2.75) is 38.7 Å². The van der Waals surface area contributed by atoms with E-state index in [0.29, 0.717) is 19.0 Å². The van der Waals surface area contributed by atoms with Crippen LogP contribution in [0.25, 0.3) is 0 Å². The maximum absolute atomic E-state index is 11.9. The Hall–Kier alpha value is -1.75. The van der Waals surface area contributed by atoms with Gasteiger partial charge in [-0.15, -0.1) is 0 Å². The average Bonchev–Trinajstić information content (AvgIpc) is 2.45. The number of urea groups is 1. The number of aliphatic hydroxyl groups is 1. The van der Waals surface area contributed by atoms with Crippen molar-refractivity contribution in [2.75, 3.05) is 27.2 Å². The van der Waals surface area contributed by atoms with Crippen LogP contribution in [-0.4, -0.2) is 48.9 Å². The molecular weight excluding hydrogens is 280 g/mol. The molecule has 0 fully saturated rings. The van der Waals surface area contributed by atoms with Gasteiger partial charge in [0.05, 0.1) is 19.3 Å². The van der Waals surface area contributed by atoms with Crippen LogP contribution in [0, 0.1) is 0 Å². The van der Waals surface area contributed by atoms with Crippen molar-refractivity contribution >= 4 is 6.03 Å². The molecule has 0 saturated carbocycles. The predicted octanol–water partition coefficient (Wildman–Crippen LogP) is 2.60. The molecule has 5 heteroatoms. The molecule has 1 aromatic rings. The molecule has 0 spiro atoms. The molecule has 2 amide bonds. The fraction of sp³-hybridized carbons (Fsp3) is 0.588. The Bertz CT molecular complexity index is 466. The molecule has 0 aliphatic rings. The van der Waals surface area contributed by atoms with Gasteiger partial charge in [-0.3, -0.25) is 0 Å². The van der Waals surface area contributed by atoms with Gasteiger partial charge in [0.25, 0.3) is 0 Å². The minimum Gasteiger partial charge on any atom is -0.497 e. The average molecular weight is 308 g/mol. The summed E-state index contributed by atoms with van der Waals surface area (Å²) in [6.07, 6.45) is 0.856. The fourth-order valence-electron chi connectivity index (χ4n) is 2.28. The summed E-state index contributed by atoms with van der Waals surface area (Å²) in [5.74, 6) is 1.20. The van der Waals surface area contributed by atoms with E-state index in [2.05, 4.69) is 12.2 Å². The number of nitrogens with zero attached hydrogens (tertiary/aromatic N) is 1. The third kappa shape index (κ3) is 6.35. The van der Waals surface area contributed by atoms with Crippen LogP contribution >= 0.6 is 0 Å². The number of hydrogen-bond donors (Lipinski definition) is 2. The van der Waals surface area contributed by atoms with Crippen molar-refractivity contribution in [3.8, 4) is 5.75 Å². The Morgan fingerprint density at radius 2 is 1.95 bits per heavy atom. The largest absolute Gasteiger partial charge is 0.497 e. The maximum Gasteiger partial charge on any atom is 0.317 e. The van der Waals surface area contributed by atoms with Crippen LogP contribution < -0.4 is 10.1 Å². The van der Waals surface area contributed by atoms with Crippen LogP contribution in [-0.2, 0) is 0 Å². The zero-order chi connectivity index (χ0) is 16.8. The first-order valence-corrected chi connectivity index (χ1v) is 7.58. The van der Waals surface area contributed by atoms with Crippen LogP contribution in [0.1, 0.15) is 38.7 Å². The van der Waals surface area contributed by atoms with E-state index in [9.17, 15) is 9.90 Å². The van der Waals surface area contributed by atoms with Crippen LogP contribution in [0.3, 0.4) is 0 Å². The molecule has 0 radical (unpaired) electrons. The molecule has 1 atom stereocenters.